The summed E-state index contributed by atoms with van der Waals surface area (Å²) in [4.78, 5) is 14.9. The molecular formula is C13H20N2O3. The second kappa shape index (κ2) is 6.96. The Morgan fingerprint density at radius 3 is 2.67 bits per heavy atom. The first-order valence-electron chi connectivity index (χ1n) is 6.20. The molecule has 1 atom stereocenters. The molecule has 18 heavy (non-hydrogen) atoms. The Bertz CT molecular complexity index is 392. The van der Waals surface area contributed by atoms with E-state index in [1.54, 1.807) is 6.07 Å². The van der Waals surface area contributed by atoms with E-state index in [0.717, 1.165) is 12.8 Å². The molecule has 100 valence electrons. The van der Waals surface area contributed by atoms with Gasteiger partial charge in [-0.1, -0.05) is 26.7 Å². The maximum atomic E-state index is 11.0. The molecule has 0 radical (unpaired) electrons. The number of pyridine rings is 1. The molecule has 0 amide bonds. The largest absolute Gasteiger partial charge is 0.478 e. The van der Waals surface area contributed by atoms with E-state index in [9.17, 15) is 9.90 Å². The fraction of sp³-hybridized carbons (Fsp3) is 0.538. The van der Waals surface area contributed by atoms with Crippen LogP contribution in [-0.2, 0) is 0 Å². The van der Waals surface area contributed by atoms with Crippen LogP contribution in [0.2, 0.25) is 0 Å². The van der Waals surface area contributed by atoms with Gasteiger partial charge in [-0.05, 0) is 18.1 Å². The Morgan fingerprint density at radius 2 is 2.11 bits per heavy atom. The lowest BCUT2D eigenvalue weighted by Gasteiger charge is -2.20. The molecule has 5 heteroatoms. The number of aromatic nitrogens is 1. The fourth-order valence-electron chi connectivity index (χ4n) is 1.92. The SMILES string of the molecule is CCC(CC)C(O)CNc1ncccc1C(=O)O. The average Bonchev–Trinajstić information content (AvgIpc) is 2.38. The monoisotopic (exact) mass is 252 g/mol. The normalized spacial score (nSPS) is 12.4. The zero-order chi connectivity index (χ0) is 13.5. The third kappa shape index (κ3) is 3.70. The van der Waals surface area contributed by atoms with Gasteiger partial charge in [0.05, 0.1) is 6.10 Å². The third-order valence-corrected chi connectivity index (χ3v) is 3.11. The summed E-state index contributed by atoms with van der Waals surface area (Å²) in [5, 5.41) is 21.9. The molecule has 1 unspecified atom stereocenters. The molecule has 0 aliphatic carbocycles. The van der Waals surface area contributed by atoms with Crippen LogP contribution in [0.25, 0.3) is 0 Å². The van der Waals surface area contributed by atoms with Crippen molar-refractivity contribution in [3.8, 4) is 0 Å². The number of carbonyl (C=O) groups is 1. The Hall–Kier alpha value is -1.62. The van der Waals surface area contributed by atoms with Crippen LogP contribution in [0.1, 0.15) is 37.0 Å². The number of hydrogen-bond acceptors (Lipinski definition) is 4. The van der Waals surface area contributed by atoms with Crippen LogP contribution in [0.4, 0.5) is 5.82 Å². The van der Waals surface area contributed by atoms with E-state index in [1.165, 1.54) is 12.3 Å². The molecule has 1 aromatic heterocycles. The van der Waals surface area contributed by atoms with Gasteiger partial charge in [-0.15, -0.1) is 0 Å². The molecule has 0 aliphatic heterocycles. The summed E-state index contributed by atoms with van der Waals surface area (Å²) in [6, 6.07) is 3.06. The number of nitrogens with one attached hydrogen (secondary N) is 1. The van der Waals surface area contributed by atoms with Crippen LogP contribution in [0.5, 0.6) is 0 Å². The number of carboxylic acids is 1. The molecule has 0 fully saturated rings. The first-order chi connectivity index (χ1) is 8.60. The molecule has 0 saturated heterocycles. The van der Waals surface area contributed by atoms with Crippen molar-refractivity contribution < 1.29 is 15.0 Å². The van der Waals surface area contributed by atoms with Crippen molar-refractivity contribution in [1.29, 1.82) is 0 Å². The highest BCUT2D eigenvalue weighted by molar-refractivity contribution is 5.92. The minimum absolute atomic E-state index is 0.120. The lowest BCUT2D eigenvalue weighted by molar-refractivity contribution is 0.0697. The maximum Gasteiger partial charge on any atom is 0.339 e. The molecule has 0 aromatic carbocycles. The van der Waals surface area contributed by atoms with Crippen molar-refractivity contribution in [2.75, 3.05) is 11.9 Å². The highest BCUT2D eigenvalue weighted by Gasteiger charge is 2.17. The van der Waals surface area contributed by atoms with Crippen LogP contribution in [0, 0.1) is 5.92 Å². The summed E-state index contributed by atoms with van der Waals surface area (Å²) in [7, 11) is 0. The Morgan fingerprint density at radius 1 is 1.44 bits per heavy atom. The van der Waals surface area contributed by atoms with Gasteiger partial charge in [-0.2, -0.15) is 0 Å². The number of aromatic carboxylic acids is 1. The Kier molecular flexibility index (Phi) is 5.58. The predicted octanol–water partition coefficient (Wildman–Crippen LogP) is 1.99. The van der Waals surface area contributed by atoms with Crippen molar-refractivity contribution >= 4 is 11.8 Å². The van der Waals surface area contributed by atoms with E-state index >= 15 is 0 Å². The van der Waals surface area contributed by atoms with Gasteiger partial charge in [0, 0.05) is 12.7 Å². The molecule has 0 saturated carbocycles. The summed E-state index contributed by atoms with van der Waals surface area (Å²) in [6.45, 7) is 4.37. The van der Waals surface area contributed by atoms with Crippen LogP contribution < -0.4 is 5.32 Å². The van der Waals surface area contributed by atoms with Crippen molar-refractivity contribution in [2.24, 2.45) is 5.92 Å². The maximum absolute atomic E-state index is 11.0. The van der Waals surface area contributed by atoms with Gasteiger partial charge in [-0.3, -0.25) is 0 Å². The Balaban J connectivity index is 2.66. The molecule has 0 aliphatic rings. The standard InChI is InChI=1S/C13H20N2O3/c1-3-9(4-2)11(16)8-15-12-10(13(17)18)6-5-7-14-12/h5-7,9,11,16H,3-4,8H2,1-2H3,(H,14,15)(H,17,18). The minimum atomic E-state index is -1.03. The van der Waals surface area contributed by atoms with E-state index in [2.05, 4.69) is 10.3 Å². The first kappa shape index (κ1) is 14.4. The molecule has 1 heterocycles. The number of anilines is 1. The third-order valence-electron chi connectivity index (χ3n) is 3.11. The summed E-state index contributed by atoms with van der Waals surface area (Å²) in [5.74, 6) is -0.507. The first-order valence-corrected chi connectivity index (χ1v) is 6.20. The summed E-state index contributed by atoms with van der Waals surface area (Å²) in [6.07, 6.45) is 2.82. The molecule has 0 spiro atoms. The lowest BCUT2D eigenvalue weighted by atomic mass is 9.96. The molecule has 5 nitrogen and oxygen atoms in total. The number of aliphatic hydroxyl groups is 1. The Labute approximate surface area is 107 Å². The van der Waals surface area contributed by atoms with Gasteiger partial charge >= 0.3 is 5.97 Å². The van der Waals surface area contributed by atoms with Gasteiger partial charge in [0.15, 0.2) is 0 Å². The quantitative estimate of drug-likeness (QED) is 0.691. The van der Waals surface area contributed by atoms with E-state index < -0.39 is 12.1 Å². The second-order valence-electron chi connectivity index (χ2n) is 4.23. The minimum Gasteiger partial charge on any atom is -0.478 e. The number of aliphatic hydroxyl groups excluding tert-OH is 1. The van der Waals surface area contributed by atoms with Crippen molar-refractivity contribution in [1.82, 2.24) is 4.98 Å². The summed E-state index contributed by atoms with van der Waals surface area (Å²) in [5.41, 5.74) is 0.120. The topological polar surface area (TPSA) is 82.5 Å². The molecule has 3 N–H and O–H groups in total. The van der Waals surface area contributed by atoms with E-state index in [0.29, 0.717) is 12.4 Å². The van der Waals surface area contributed by atoms with Crippen molar-refractivity contribution in [2.45, 2.75) is 32.8 Å². The molecular weight excluding hydrogens is 232 g/mol. The van der Waals surface area contributed by atoms with Gasteiger partial charge in [0.25, 0.3) is 0 Å². The van der Waals surface area contributed by atoms with Gasteiger partial charge in [0.2, 0.25) is 0 Å². The van der Waals surface area contributed by atoms with Gasteiger partial charge < -0.3 is 15.5 Å². The fourth-order valence-corrected chi connectivity index (χ4v) is 1.92. The van der Waals surface area contributed by atoms with Crippen molar-refractivity contribution in [3.63, 3.8) is 0 Å². The lowest BCUT2D eigenvalue weighted by Crippen LogP contribution is -2.28. The summed E-state index contributed by atoms with van der Waals surface area (Å²) < 4.78 is 0. The zero-order valence-electron chi connectivity index (χ0n) is 10.8. The number of carboxylic acid groups (broad SMARTS) is 1. The van der Waals surface area contributed by atoms with E-state index in [4.69, 9.17) is 5.11 Å². The zero-order valence-corrected chi connectivity index (χ0v) is 10.8. The smallest absolute Gasteiger partial charge is 0.339 e. The highest BCUT2D eigenvalue weighted by Crippen LogP contribution is 2.15. The van der Waals surface area contributed by atoms with E-state index in [-0.39, 0.29) is 11.5 Å². The van der Waals surface area contributed by atoms with Gasteiger partial charge in [-0.25, -0.2) is 9.78 Å². The van der Waals surface area contributed by atoms with Crippen LogP contribution in [-0.4, -0.2) is 33.8 Å². The summed E-state index contributed by atoms with van der Waals surface area (Å²) >= 11 is 0. The van der Waals surface area contributed by atoms with Gasteiger partial charge in [0.1, 0.15) is 11.4 Å². The molecule has 1 rings (SSSR count). The molecule has 0 bridgehead atoms. The van der Waals surface area contributed by atoms with Crippen LogP contribution >= 0.6 is 0 Å². The highest BCUT2D eigenvalue weighted by atomic mass is 16.4. The molecule has 1 aromatic rings. The van der Waals surface area contributed by atoms with Crippen molar-refractivity contribution in [3.05, 3.63) is 23.9 Å². The second-order valence-corrected chi connectivity index (χ2v) is 4.23. The number of hydrogen-bond donors (Lipinski definition) is 3. The van der Waals surface area contributed by atoms with E-state index in [1.807, 2.05) is 13.8 Å². The number of rotatable bonds is 7. The number of nitrogens with zero attached hydrogens (tertiary/aromatic N) is 1. The average molecular weight is 252 g/mol. The predicted molar refractivity (Wildman–Crippen MR) is 69.8 cm³/mol. The van der Waals surface area contributed by atoms with Crippen LogP contribution in [0.3, 0.4) is 0 Å². The van der Waals surface area contributed by atoms with Crippen LogP contribution in [0.15, 0.2) is 18.3 Å².